The molecule has 0 heterocycles. The Morgan fingerprint density at radius 2 is 2.12 bits per heavy atom. The average Bonchev–Trinajstić information content (AvgIpc) is 2.60. The van der Waals surface area contributed by atoms with Crippen LogP contribution in [0.4, 0.5) is 0 Å². The van der Waals surface area contributed by atoms with E-state index >= 15 is 0 Å². The quantitative estimate of drug-likeness (QED) is 0.516. The highest BCUT2D eigenvalue weighted by Gasteiger charge is 2.24. The lowest BCUT2D eigenvalue weighted by atomic mass is 9.96. The molecule has 1 aromatic carbocycles. The Kier molecular flexibility index (Phi) is 7.51. The van der Waals surface area contributed by atoms with E-state index in [4.69, 9.17) is 25.8 Å². The maximum Gasteiger partial charge on any atom is 0.331 e. The second-order valence-electron chi connectivity index (χ2n) is 6.71. The van der Waals surface area contributed by atoms with Gasteiger partial charge in [-0.2, -0.15) is 0 Å². The molecule has 1 atom stereocenters. The lowest BCUT2D eigenvalue weighted by Gasteiger charge is -2.19. The van der Waals surface area contributed by atoms with Crippen LogP contribution < -0.4 is 9.47 Å². The molecule has 0 amide bonds. The van der Waals surface area contributed by atoms with Gasteiger partial charge in [0.25, 0.3) is 0 Å². The molecule has 2 rings (SSSR count). The molecule has 0 aromatic heterocycles. The zero-order valence-electron chi connectivity index (χ0n) is 15.4. The van der Waals surface area contributed by atoms with E-state index in [1.807, 2.05) is 13.8 Å². The molecule has 1 aliphatic carbocycles. The summed E-state index contributed by atoms with van der Waals surface area (Å²) in [5.74, 6) is 0.784. The van der Waals surface area contributed by atoms with Gasteiger partial charge in [0.1, 0.15) is 0 Å². The predicted molar refractivity (Wildman–Crippen MR) is 101 cm³/mol. The van der Waals surface area contributed by atoms with Crippen LogP contribution in [0, 0.1) is 5.92 Å². The van der Waals surface area contributed by atoms with Crippen LogP contribution in [0.2, 0.25) is 5.02 Å². The first-order chi connectivity index (χ1) is 12.4. The molecule has 1 saturated carbocycles. The number of halogens is 1. The van der Waals surface area contributed by atoms with Crippen molar-refractivity contribution in [2.24, 2.45) is 5.92 Å². The summed E-state index contributed by atoms with van der Waals surface area (Å²) in [7, 11) is 1.53. The summed E-state index contributed by atoms with van der Waals surface area (Å²) in [4.78, 5) is 23.7. The van der Waals surface area contributed by atoms with Crippen molar-refractivity contribution < 1.29 is 23.8 Å². The van der Waals surface area contributed by atoms with Gasteiger partial charge in [-0.05, 0) is 49.0 Å². The van der Waals surface area contributed by atoms with E-state index in [2.05, 4.69) is 0 Å². The van der Waals surface area contributed by atoms with Crippen molar-refractivity contribution in [3.63, 3.8) is 0 Å². The fraction of sp³-hybridized carbons (Fsp3) is 0.500. The number of carbonyl (C=O) groups excluding carboxylic acids is 2. The summed E-state index contributed by atoms with van der Waals surface area (Å²) in [5, 5.41) is 0.403. The number of ether oxygens (including phenoxy) is 3. The van der Waals surface area contributed by atoms with Crippen LogP contribution in [0.5, 0.6) is 11.5 Å². The monoisotopic (exact) mass is 380 g/mol. The molecule has 0 aliphatic heterocycles. The minimum absolute atomic E-state index is 0.00521. The molecule has 6 heteroatoms. The Bertz CT molecular complexity index is 681. The Hall–Kier alpha value is -2.01. The molecule has 0 bridgehead atoms. The van der Waals surface area contributed by atoms with Gasteiger partial charge in [0.05, 0.1) is 18.7 Å². The number of ketones is 1. The maximum absolute atomic E-state index is 12.0. The zero-order valence-corrected chi connectivity index (χ0v) is 16.2. The van der Waals surface area contributed by atoms with Gasteiger partial charge < -0.3 is 14.2 Å². The van der Waals surface area contributed by atoms with Gasteiger partial charge >= 0.3 is 5.97 Å². The molecule has 0 N–H and O–H groups in total. The van der Waals surface area contributed by atoms with E-state index in [0.717, 1.165) is 12.8 Å². The summed E-state index contributed by atoms with van der Waals surface area (Å²) >= 11 is 6.29. The summed E-state index contributed by atoms with van der Waals surface area (Å²) in [6, 6.07) is 3.42. The van der Waals surface area contributed by atoms with E-state index in [0.29, 0.717) is 47.5 Å². The van der Waals surface area contributed by atoms with Gasteiger partial charge in [0.15, 0.2) is 23.4 Å². The van der Waals surface area contributed by atoms with Crippen molar-refractivity contribution in [2.75, 3.05) is 13.7 Å². The molecular formula is C20H25ClO5. The molecule has 5 nitrogen and oxygen atoms in total. The zero-order chi connectivity index (χ0) is 19.1. The molecule has 26 heavy (non-hydrogen) atoms. The van der Waals surface area contributed by atoms with Gasteiger partial charge in [-0.3, -0.25) is 4.79 Å². The van der Waals surface area contributed by atoms with Crippen LogP contribution in [-0.4, -0.2) is 31.6 Å². The van der Waals surface area contributed by atoms with Crippen LogP contribution >= 0.6 is 11.6 Å². The van der Waals surface area contributed by atoms with Gasteiger partial charge in [0, 0.05) is 12.5 Å². The molecule has 0 saturated heterocycles. The van der Waals surface area contributed by atoms with E-state index < -0.39 is 12.1 Å². The second-order valence-corrected chi connectivity index (χ2v) is 7.12. The summed E-state index contributed by atoms with van der Waals surface area (Å²) in [6.07, 6.45) is 5.10. The smallest absolute Gasteiger partial charge is 0.331 e. The molecule has 0 radical (unpaired) electrons. The van der Waals surface area contributed by atoms with Crippen molar-refractivity contribution in [1.82, 2.24) is 0 Å². The van der Waals surface area contributed by atoms with Crippen molar-refractivity contribution in [1.29, 1.82) is 0 Å². The average molecular weight is 381 g/mol. The highest BCUT2D eigenvalue weighted by atomic mass is 35.5. The molecule has 142 valence electrons. The van der Waals surface area contributed by atoms with Crippen molar-refractivity contribution in [3.05, 3.63) is 28.8 Å². The molecule has 0 spiro atoms. The van der Waals surface area contributed by atoms with Crippen LogP contribution in [0.25, 0.3) is 6.08 Å². The predicted octanol–water partition coefficient (Wildman–Crippen LogP) is 4.45. The Morgan fingerprint density at radius 1 is 1.35 bits per heavy atom. The van der Waals surface area contributed by atoms with Gasteiger partial charge in [-0.15, -0.1) is 0 Å². The lowest BCUT2D eigenvalue weighted by Crippen LogP contribution is -2.29. The largest absolute Gasteiger partial charge is 0.493 e. The van der Waals surface area contributed by atoms with Crippen molar-refractivity contribution in [3.8, 4) is 11.5 Å². The fourth-order valence-corrected chi connectivity index (χ4v) is 2.92. The SMILES string of the molecule is COc1cc(/C=C/C(=O)O[C@H]2CCCCC2=O)cc(Cl)c1OCC(C)C. The van der Waals surface area contributed by atoms with Crippen LogP contribution in [0.15, 0.2) is 18.2 Å². The normalized spacial score (nSPS) is 17.6. The number of Topliss-reactive ketones (excluding diaryl/α,β-unsaturated/α-hetero) is 1. The topological polar surface area (TPSA) is 61.8 Å². The second kappa shape index (κ2) is 9.62. The number of hydrogen-bond acceptors (Lipinski definition) is 5. The molecule has 0 unspecified atom stereocenters. The number of methoxy groups -OCH3 is 1. The number of hydrogen-bond donors (Lipinski definition) is 0. The van der Waals surface area contributed by atoms with Crippen LogP contribution in [0.1, 0.15) is 45.1 Å². The molecular weight excluding hydrogens is 356 g/mol. The molecule has 1 aliphatic rings. The summed E-state index contributed by atoms with van der Waals surface area (Å²) in [6.45, 7) is 4.60. The standard InChI is InChI=1S/C20H25ClO5/c1-13(2)12-25-20-15(21)10-14(11-18(20)24-3)8-9-19(23)26-17-7-5-4-6-16(17)22/h8-11,13,17H,4-7,12H2,1-3H3/b9-8+/t17-/m0/s1. The van der Waals surface area contributed by atoms with E-state index in [1.54, 1.807) is 18.2 Å². The minimum atomic E-state index is -0.620. The Morgan fingerprint density at radius 3 is 2.77 bits per heavy atom. The van der Waals surface area contributed by atoms with Gasteiger partial charge in [-0.25, -0.2) is 4.79 Å². The highest BCUT2D eigenvalue weighted by molar-refractivity contribution is 6.32. The van der Waals surface area contributed by atoms with E-state index in [-0.39, 0.29) is 5.78 Å². The third-order valence-electron chi connectivity index (χ3n) is 3.98. The first-order valence-corrected chi connectivity index (χ1v) is 9.20. The first kappa shape index (κ1) is 20.3. The lowest BCUT2D eigenvalue weighted by molar-refractivity contribution is -0.152. The van der Waals surface area contributed by atoms with Crippen molar-refractivity contribution in [2.45, 2.75) is 45.6 Å². The van der Waals surface area contributed by atoms with Crippen LogP contribution in [-0.2, 0) is 14.3 Å². The maximum atomic E-state index is 12.0. The number of carbonyl (C=O) groups is 2. The Balaban J connectivity index is 2.05. The number of benzene rings is 1. The first-order valence-electron chi connectivity index (χ1n) is 8.82. The summed E-state index contributed by atoms with van der Waals surface area (Å²) in [5.41, 5.74) is 0.677. The number of rotatable bonds is 7. The summed E-state index contributed by atoms with van der Waals surface area (Å²) < 4.78 is 16.3. The third-order valence-corrected chi connectivity index (χ3v) is 4.26. The van der Waals surface area contributed by atoms with Gasteiger partial charge in [-0.1, -0.05) is 25.4 Å². The highest BCUT2D eigenvalue weighted by Crippen LogP contribution is 2.37. The van der Waals surface area contributed by atoms with Gasteiger partial charge in [0.2, 0.25) is 0 Å². The van der Waals surface area contributed by atoms with Crippen molar-refractivity contribution >= 4 is 29.4 Å². The molecule has 1 fully saturated rings. The molecule has 1 aromatic rings. The van der Waals surface area contributed by atoms with E-state index in [9.17, 15) is 9.59 Å². The fourth-order valence-electron chi connectivity index (χ4n) is 2.65. The van der Waals surface area contributed by atoms with Crippen LogP contribution in [0.3, 0.4) is 0 Å². The Labute approximate surface area is 159 Å². The minimum Gasteiger partial charge on any atom is -0.493 e. The third kappa shape index (κ3) is 5.77. The number of esters is 1. The van der Waals surface area contributed by atoms with E-state index in [1.165, 1.54) is 13.2 Å².